The molecule has 1 aromatic heterocycles. The first-order chi connectivity index (χ1) is 11.9. The van der Waals surface area contributed by atoms with Gasteiger partial charge in [0.15, 0.2) is 0 Å². The number of aromatic nitrogens is 1. The van der Waals surface area contributed by atoms with Crippen LogP contribution in [0.1, 0.15) is 16.9 Å². The number of halogens is 3. The molecule has 1 N–H and O–H groups in total. The molecule has 1 saturated heterocycles. The number of hydrogen-bond acceptors (Lipinski definition) is 3. The summed E-state index contributed by atoms with van der Waals surface area (Å²) in [4.78, 5) is 14.6. The van der Waals surface area contributed by atoms with Crippen LogP contribution in [0, 0.1) is 0 Å². The normalized spacial score (nSPS) is 17.0. The second kappa shape index (κ2) is 7.36. The monoisotopic (exact) mass is 401 g/mol. The topological polar surface area (TPSA) is 46.5 Å². The molecule has 1 aliphatic rings. The van der Waals surface area contributed by atoms with Gasteiger partial charge in [-0.2, -0.15) is 0 Å². The Morgan fingerprint density at radius 2 is 2.04 bits per heavy atom. The van der Waals surface area contributed by atoms with Crippen molar-refractivity contribution in [2.45, 2.75) is 12.5 Å². The molecule has 5 nitrogen and oxygen atoms in total. The average molecular weight is 403 g/mol. The van der Waals surface area contributed by atoms with E-state index in [0.717, 1.165) is 24.4 Å². The number of anilines is 1. The summed E-state index contributed by atoms with van der Waals surface area (Å²) in [6, 6.07) is 7.11. The van der Waals surface area contributed by atoms with Crippen molar-refractivity contribution in [2.75, 3.05) is 25.1 Å². The lowest BCUT2D eigenvalue weighted by Crippen LogP contribution is -2.37. The lowest BCUT2D eigenvalue weighted by molar-refractivity contribution is 0.0932. The van der Waals surface area contributed by atoms with Gasteiger partial charge < -0.3 is 19.5 Å². The summed E-state index contributed by atoms with van der Waals surface area (Å²) < 4.78 is 6.99. The van der Waals surface area contributed by atoms with Crippen molar-refractivity contribution in [1.82, 2.24) is 9.88 Å². The van der Waals surface area contributed by atoms with E-state index in [1.54, 1.807) is 30.9 Å². The van der Waals surface area contributed by atoms with Crippen molar-refractivity contribution in [3.05, 3.63) is 45.2 Å². The molecule has 2 aromatic rings. The number of hydrogen-bond donors (Lipinski definition) is 1. The number of amides is 1. The third-order valence-electron chi connectivity index (χ3n) is 4.35. The molecule has 1 unspecified atom stereocenters. The van der Waals surface area contributed by atoms with Gasteiger partial charge in [0.05, 0.1) is 17.8 Å². The summed E-state index contributed by atoms with van der Waals surface area (Å²) >= 11 is 18.1. The molecule has 1 fully saturated rings. The number of ether oxygens (including phenoxy) is 1. The first kappa shape index (κ1) is 18.2. The predicted octanol–water partition coefficient (Wildman–Crippen LogP) is 4.00. The van der Waals surface area contributed by atoms with E-state index in [-0.39, 0.29) is 11.9 Å². The molecular formula is C17H18Cl3N3O2. The summed E-state index contributed by atoms with van der Waals surface area (Å²) in [5, 5.41) is 4.40. The van der Waals surface area contributed by atoms with Crippen molar-refractivity contribution >= 4 is 46.4 Å². The molecule has 1 atom stereocenters. The predicted molar refractivity (Wildman–Crippen MR) is 102 cm³/mol. The fraction of sp³-hybridized carbons (Fsp3) is 0.353. The first-order valence-electron chi connectivity index (χ1n) is 7.80. The molecule has 0 aliphatic carbocycles. The Kier molecular flexibility index (Phi) is 5.37. The summed E-state index contributed by atoms with van der Waals surface area (Å²) in [7, 11) is 3.34. The van der Waals surface area contributed by atoms with Crippen LogP contribution in [0.5, 0.6) is 5.75 Å². The smallest absolute Gasteiger partial charge is 0.268 e. The van der Waals surface area contributed by atoms with E-state index in [1.165, 1.54) is 0 Å². The number of rotatable bonds is 4. The Balaban J connectivity index is 1.70. The highest BCUT2D eigenvalue weighted by Crippen LogP contribution is 2.33. The van der Waals surface area contributed by atoms with Gasteiger partial charge in [0.25, 0.3) is 5.91 Å². The maximum absolute atomic E-state index is 12.5. The highest BCUT2D eigenvalue weighted by Gasteiger charge is 2.27. The summed E-state index contributed by atoms with van der Waals surface area (Å²) in [6.07, 6.45) is 0.827. The number of carbonyl (C=O) groups excluding carboxylic acids is 1. The third kappa shape index (κ3) is 3.68. The Bertz CT molecular complexity index is 807. The van der Waals surface area contributed by atoms with Crippen LogP contribution in [-0.4, -0.2) is 36.7 Å². The molecule has 1 amide bonds. The number of benzene rings is 1. The van der Waals surface area contributed by atoms with E-state index in [4.69, 9.17) is 39.5 Å². The van der Waals surface area contributed by atoms with Crippen LogP contribution in [0.2, 0.25) is 15.2 Å². The fourth-order valence-corrected chi connectivity index (χ4v) is 3.57. The van der Waals surface area contributed by atoms with Crippen LogP contribution in [0.15, 0.2) is 24.3 Å². The van der Waals surface area contributed by atoms with Crippen molar-refractivity contribution in [3.8, 4) is 5.75 Å². The van der Waals surface area contributed by atoms with Crippen molar-refractivity contribution in [2.24, 2.45) is 7.05 Å². The average Bonchev–Trinajstić information content (AvgIpc) is 3.15. The Hall–Kier alpha value is -1.56. The van der Waals surface area contributed by atoms with Gasteiger partial charge in [0.1, 0.15) is 16.6 Å². The van der Waals surface area contributed by atoms with E-state index in [9.17, 15) is 4.79 Å². The van der Waals surface area contributed by atoms with Gasteiger partial charge in [-0.15, -0.1) is 0 Å². The zero-order valence-corrected chi connectivity index (χ0v) is 16.1. The van der Waals surface area contributed by atoms with Gasteiger partial charge in [-0.25, -0.2) is 0 Å². The lowest BCUT2D eigenvalue weighted by atomic mass is 10.2. The van der Waals surface area contributed by atoms with Crippen LogP contribution in [-0.2, 0) is 7.05 Å². The minimum atomic E-state index is -0.193. The highest BCUT2D eigenvalue weighted by atomic mass is 35.5. The minimum Gasteiger partial charge on any atom is -0.495 e. The fourth-order valence-electron chi connectivity index (χ4n) is 3.03. The zero-order chi connectivity index (χ0) is 18.1. The molecule has 0 spiro atoms. The molecule has 0 saturated carbocycles. The van der Waals surface area contributed by atoms with E-state index < -0.39 is 0 Å². The van der Waals surface area contributed by atoms with Gasteiger partial charge >= 0.3 is 0 Å². The SMILES string of the molecule is COc1ccc(Cl)cc1N1CCC(NC(=O)c2cc(Cl)c(Cl)n2C)C1. The molecule has 134 valence electrons. The second-order valence-corrected chi connectivity index (χ2v) is 7.15. The molecule has 0 radical (unpaired) electrons. The number of nitrogens with zero attached hydrogens (tertiary/aromatic N) is 2. The van der Waals surface area contributed by atoms with Crippen LogP contribution in [0.4, 0.5) is 5.69 Å². The number of methoxy groups -OCH3 is 1. The standard InChI is InChI=1S/C17H18Cl3N3O2/c1-22-14(8-12(19)16(22)20)17(24)21-11-5-6-23(9-11)13-7-10(18)3-4-15(13)25-2/h3-4,7-8,11H,5-6,9H2,1-2H3,(H,21,24). The Morgan fingerprint density at radius 1 is 1.28 bits per heavy atom. The molecule has 8 heteroatoms. The first-order valence-corrected chi connectivity index (χ1v) is 8.94. The zero-order valence-electron chi connectivity index (χ0n) is 13.9. The van der Waals surface area contributed by atoms with Crippen LogP contribution in [0.25, 0.3) is 0 Å². The molecule has 2 heterocycles. The van der Waals surface area contributed by atoms with E-state index in [0.29, 0.717) is 27.4 Å². The van der Waals surface area contributed by atoms with Gasteiger partial charge in [0, 0.05) is 31.2 Å². The maximum atomic E-state index is 12.5. The van der Waals surface area contributed by atoms with Crippen LogP contribution in [0.3, 0.4) is 0 Å². The van der Waals surface area contributed by atoms with Gasteiger partial charge in [-0.3, -0.25) is 4.79 Å². The van der Waals surface area contributed by atoms with E-state index >= 15 is 0 Å². The molecule has 3 rings (SSSR count). The lowest BCUT2D eigenvalue weighted by Gasteiger charge is -2.21. The molecule has 1 aliphatic heterocycles. The van der Waals surface area contributed by atoms with Gasteiger partial charge in [-0.05, 0) is 30.7 Å². The Morgan fingerprint density at radius 3 is 2.68 bits per heavy atom. The number of nitrogens with one attached hydrogen (secondary N) is 1. The largest absolute Gasteiger partial charge is 0.495 e. The quantitative estimate of drug-likeness (QED) is 0.841. The Labute approximate surface area is 161 Å². The van der Waals surface area contributed by atoms with Crippen molar-refractivity contribution < 1.29 is 9.53 Å². The van der Waals surface area contributed by atoms with Crippen LogP contribution >= 0.6 is 34.8 Å². The minimum absolute atomic E-state index is 0.0173. The van der Waals surface area contributed by atoms with E-state index in [2.05, 4.69) is 10.2 Å². The van der Waals surface area contributed by atoms with E-state index in [1.807, 2.05) is 12.1 Å². The molecular weight excluding hydrogens is 385 g/mol. The summed E-state index contributed by atoms with van der Waals surface area (Å²) in [5.41, 5.74) is 1.37. The maximum Gasteiger partial charge on any atom is 0.268 e. The summed E-state index contributed by atoms with van der Waals surface area (Å²) in [5.74, 6) is 0.568. The molecule has 25 heavy (non-hydrogen) atoms. The highest BCUT2D eigenvalue weighted by molar-refractivity contribution is 6.41. The van der Waals surface area contributed by atoms with Gasteiger partial charge in [-0.1, -0.05) is 34.8 Å². The second-order valence-electron chi connectivity index (χ2n) is 5.95. The third-order valence-corrected chi connectivity index (χ3v) is 5.43. The van der Waals surface area contributed by atoms with Crippen molar-refractivity contribution in [3.63, 3.8) is 0 Å². The van der Waals surface area contributed by atoms with Crippen molar-refractivity contribution in [1.29, 1.82) is 0 Å². The summed E-state index contributed by atoms with van der Waals surface area (Å²) in [6.45, 7) is 1.48. The number of carbonyl (C=O) groups is 1. The molecule has 0 bridgehead atoms. The van der Waals surface area contributed by atoms with Crippen LogP contribution < -0.4 is 15.0 Å². The molecule has 1 aromatic carbocycles. The van der Waals surface area contributed by atoms with Gasteiger partial charge in [0.2, 0.25) is 0 Å².